The van der Waals surface area contributed by atoms with Gasteiger partial charge in [-0.05, 0) is 6.92 Å². The molecule has 2 aliphatic heterocycles. The summed E-state index contributed by atoms with van der Waals surface area (Å²) in [6, 6.07) is 0. The molecule has 2 aromatic heterocycles. The van der Waals surface area contributed by atoms with Gasteiger partial charge in [0.15, 0.2) is 11.3 Å². The topological polar surface area (TPSA) is 121 Å². The molecule has 0 radical (unpaired) electrons. The average molecular weight is 333 g/mol. The molecule has 0 bridgehead atoms. The molecule has 0 spiro atoms. The van der Waals surface area contributed by atoms with Crippen LogP contribution in [0.15, 0.2) is 24.5 Å². The number of hydrogen-bond donors (Lipinski definition) is 2. The van der Waals surface area contributed by atoms with Crippen LogP contribution < -0.4 is 0 Å². The average Bonchev–Trinajstić information content (AvgIpc) is 3.05. The van der Waals surface area contributed by atoms with Crippen LogP contribution in [0.25, 0.3) is 16.2 Å². The van der Waals surface area contributed by atoms with E-state index in [1.54, 1.807) is 0 Å². The molecule has 0 aromatic carbocycles. The first kappa shape index (κ1) is 14.2. The summed E-state index contributed by atoms with van der Waals surface area (Å²) in [5, 5.41) is 19.2. The Morgan fingerprint density at radius 2 is 2.22 bits per heavy atom. The zero-order valence-electron chi connectivity index (χ0n) is 11.8. The van der Waals surface area contributed by atoms with E-state index < -0.39 is 23.4 Å². The Kier molecular flexibility index (Phi) is 2.93. The smallest absolute Gasteiger partial charge is 0.355 e. The molecule has 2 aromatic rings. The Morgan fingerprint density at radius 1 is 1.43 bits per heavy atom. The number of β-lactam (4-membered cyclic amide) rings is 1. The third-order valence-corrected chi connectivity index (χ3v) is 5.27. The second-order valence-corrected chi connectivity index (χ2v) is 6.39. The Morgan fingerprint density at radius 3 is 2.91 bits per heavy atom. The van der Waals surface area contributed by atoms with E-state index in [-0.39, 0.29) is 11.6 Å². The molecule has 2 aliphatic rings. The molecular formula is C13H11N5O4S. The van der Waals surface area contributed by atoms with Gasteiger partial charge in [0, 0.05) is 0 Å². The normalized spacial score (nSPS) is 24.8. The molecule has 118 valence electrons. The van der Waals surface area contributed by atoms with Crippen molar-refractivity contribution in [1.29, 1.82) is 0 Å². The number of aliphatic hydroxyl groups is 1. The van der Waals surface area contributed by atoms with Gasteiger partial charge in [0.1, 0.15) is 28.6 Å². The van der Waals surface area contributed by atoms with Crippen molar-refractivity contribution in [2.75, 3.05) is 0 Å². The van der Waals surface area contributed by atoms with E-state index in [0.717, 1.165) is 0 Å². The zero-order valence-corrected chi connectivity index (χ0v) is 12.6. The van der Waals surface area contributed by atoms with Crippen molar-refractivity contribution in [3.8, 4) is 0 Å². The zero-order chi connectivity index (χ0) is 16.3. The quantitative estimate of drug-likeness (QED) is 0.750. The van der Waals surface area contributed by atoms with Gasteiger partial charge in [-0.1, -0.05) is 11.8 Å². The van der Waals surface area contributed by atoms with Crippen molar-refractivity contribution in [3.05, 3.63) is 24.5 Å². The number of aliphatic hydroxyl groups excluding tert-OH is 1. The molecule has 10 heteroatoms. The number of carbonyl (C=O) groups is 2. The number of fused-ring (bicyclic) bond motifs is 2. The molecule has 0 aliphatic carbocycles. The van der Waals surface area contributed by atoms with E-state index >= 15 is 0 Å². The van der Waals surface area contributed by atoms with Crippen LogP contribution in [0.3, 0.4) is 0 Å². The van der Waals surface area contributed by atoms with Crippen molar-refractivity contribution in [3.63, 3.8) is 0 Å². The van der Waals surface area contributed by atoms with Gasteiger partial charge in [-0.2, -0.15) is 0 Å². The summed E-state index contributed by atoms with van der Waals surface area (Å²) in [5.74, 6) is -2.21. The summed E-state index contributed by atoms with van der Waals surface area (Å²) < 4.78 is 1.54. The van der Waals surface area contributed by atoms with Crippen LogP contribution in [-0.2, 0) is 9.59 Å². The van der Waals surface area contributed by atoms with Gasteiger partial charge in [-0.25, -0.2) is 19.7 Å². The van der Waals surface area contributed by atoms with Crippen LogP contribution >= 0.6 is 11.8 Å². The minimum atomic E-state index is -1.21. The predicted molar refractivity (Wildman–Crippen MR) is 79.6 cm³/mol. The molecule has 9 nitrogen and oxygen atoms in total. The van der Waals surface area contributed by atoms with E-state index in [1.807, 2.05) is 0 Å². The number of carboxylic acid groups (broad SMARTS) is 1. The summed E-state index contributed by atoms with van der Waals surface area (Å²) in [6.45, 7) is 1.53. The fourth-order valence-electron chi connectivity index (χ4n) is 2.85. The van der Waals surface area contributed by atoms with Crippen molar-refractivity contribution >= 4 is 39.8 Å². The fraction of sp³-hybridized carbons (Fsp3) is 0.308. The van der Waals surface area contributed by atoms with Gasteiger partial charge in [0.25, 0.3) is 0 Å². The predicted octanol–water partition coefficient (Wildman–Crippen LogP) is -0.0509. The van der Waals surface area contributed by atoms with Crippen LogP contribution in [-0.4, -0.2) is 58.0 Å². The van der Waals surface area contributed by atoms with E-state index in [0.29, 0.717) is 16.2 Å². The second-order valence-electron chi connectivity index (χ2n) is 5.29. The van der Waals surface area contributed by atoms with Gasteiger partial charge in [-0.15, -0.1) is 0 Å². The van der Waals surface area contributed by atoms with Crippen molar-refractivity contribution in [2.45, 2.75) is 18.4 Å². The molecule has 3 atom stereocenters. The lowest BCUT2D eigenvalue weighted by Crippen LogP contribution is -2.60. The number of imidazole rings is 1. The molecule has 4 heterocycles. The van der Waals surface area contributed by atoms with Crippen LogP contribution in [0.5, 0.6) is 0 Å². The highest BCUT2D eigenvalue weighted by molar-refractivity contribution is 8.09. The van der Waals surface area contributed by atoms with Crippen LogP contribution in [0.1, 0.15) is 6.92 Å². The van der Waals surface area contributed by atoms with E-state index in [2.05, 4.69) is 15.0 Å². The maximum Gasteiger partial charge on any atom is 0.355 e. The highest BCUT2D eigenvalue weighted by atomic mass is 32.2. The fourth-order valence-corrected chi connectivity index (χ4v) is 4.43. The minimum Gasteiger partial charge on any atom is -0.476 e. The highest BCUT2D eigenvalue weighted by Crippen LogP contribution is 2.52. The number of carbonyl (C=O) groups excluding carboxylic acids is 1. The minimum absolute atomic E-state index is 0.111. The number of hydrogen-bond acceptors (Lipinski definition) is 7. The van der Waals surface area contributed by atoms with Gasteiger partial charge >= 0.3 is 5.97 Å². The monoisotopic (exact) mass is 333 g/mol. The molecule has 23 heavy (non-hydrogen) atoms. The molecular weight excluding hydrogens is 322 g/mol. The Hall–Kier alpha value is -2.46. The molecule has 1 fully saturated rings. The maximum absolute atomic E-state index is 12.2. The van der Waals surface area contributed by atoms with Gasteiger partial charge in [0.2, 0.25) is 5.91 Å². The third kappa shape index (κ3) is 1.82. The number of aromatic nitrogens is 4. The standard InChI is InChI=1S/C13H11N5O4S/c1-5(19)7-10(20)18-8(13(21)22)12(23-11(7)18)17-4-16-6-2-14-3-15-9(6)17/h2-5,7,11,19H,1H3,(H,21,22)/t5?,7?,11-/m1/s1. The summed E-state index contributed by atoms with van der Waals surface area (Å²) in [5.41, 5.74) is 0.877. The van der Waals surface area contributed by atoms with Crippen molar-refractivity contribution in [2.24, 2.45) is 5.92 Å². The summed E-state index contributed by atoms with van der Waals surface area (Å²) >= 11 is 1.22. The summed E-state index contributed by atoms with van der Waals surface area (Å²) in [4.78, 5) is 37.2. The first-order valence-electron chi connectivity index (χ1n) is 6.79. The third-order valence-electron chi connectivity index (χ3n) is 3.91. The lowest BCUT2D eigenvalue weighted by molar-refractivity contribution is -0.156. The van der Waals surface area contributed by atoms with Gasteiger partial charge in [0.05, 0.1) is 18.2 Å². The number of nitrogens with zero attached hydrogens (tertiary/aromatic N) is 5. The summed E-state index contributed by atoms with van der Waals surface area (Å²) in [7, 11) is 0. The van der Waals surface area contributed by atoms with Crippen LogP contribution in [0, 0.1) is 5.92 Å². The van der Waals surface area contributed by atoms with E-state index in [4.69, 9.17) is 0 Å². The second kappa shape index (κ2) is 4.77. The molecule has 4 rings (SSSR count). The summed E-state index contributed by atoms with van der Waals surface area (Å²) in [6.07, 6.45) is 3.49. The Bertz CT molecular complexity index is 876. The van der Waals surface area contributed by atoms with Crippen LogP contribution in [0.2, 0.25) is 0 Å². The largest absolute Gasteiger partial charge is 0.476 e. The molecule has 2 N–H and O–H groups in total. The first-order chi connectivity index (χ1) is 11.0. The molecule has 1 saturated heterocycles. The first-order valence-corrected chi connectivity index (χ1v) is 7.67. The number of rotatable bonds is 3. The number of aliphatic carboxylic acids is 1. The molecule has 1 amide bonds. The van der Waals surface area contributed by atoms with Crippen molar-refractivity contribution in [1.82, 2.24) is 24.4 Å². The maximum atomic E-state index is 12.2. The van der Waals surface area contributed by atoms with Crippen molar-refractivity contribution < 1.29 is 19.8 Å². The van der Waals surface area contributed by atoms with Crippen LogP contribution in [0.4, 0.5) is 0 Å². The number of carboxylic acids is 1. The Labute approximate surface area is 133 Å². The van der Waals surface area contributed by atoms with Gasteiger partial charge < -0.3 is 10.2 Å². The molecule has 0 saturated carbocycles. The SMILES string of the molecule is CC(O)C1C(=O)N2C(C(=O)O)=C(n3cnc4cncnc43)S[C@H]12. The molecule has 2 unspecified atom stereocenters. The van der Waals surface area contributed by atoms with Gasteiger partial charge in [-0.3, -0.25) is 14.3 Å². The van der Waals surface area contributed by atoms with E-state index in [9.17, 15) is 19.8 Å². The number of amides is 1. The highest BCUT2D eigenvalue weighted by Gasteiger charge is 2.58. The number of thioether (sulfide) groups is 1. The van der Waals surface area contributed by atoms with E-state index in [1.165, 1.54) is 47.0 Å². The Balaban J connectivity index is 1.85. The lowest BCUT2D eigenvalue weighted by atomic mass is 9.92. The lowest BCUT2D eigenvalue weighted by Gasteiger charge is -2.43.